The van der Waals surface area contributed by atoms with Crippen LogP contribution < -0.4 is 10.5 Å². The van der Waals surface area contributed by atoms with Crippen LogP contribution >= 0.6 is 11.6 Å². The molecular formula is C29H20ClN5O5. The van der Waals surface area contributed by atoms with Crippen molar-refractivity contribution in [3.05, 3.63) is 104 Å². The third-order valence-corrected chi connectivity index (χ3v) is 9.34. The number of amides is 2. The molecule has 8 rings (SSSR count). The highest BCUT2D eigenvalue weighted by Crippen LogP contribution is 2.62. The molecule has 0 aliphatic carbocycles. The Bertz CT molecular complexity index is 1910. The SMILES string of the molecule is O=C1C2C3CCCN3C3(c4ccccc4-n4c3nc3ccccc3c4=O)C2C(=O)N1c1ccc(Cl)c([N+](=O)[O-])c1. The number of nitrogens with zero attached hydrogens (tertiary/aromatic N) is 5. The van der Waals surface area contributed by atoms with Crippen LogP contribution in [0.25, 0.3) is 16.6 Å². The number of fused-ring (bicyclic) bond motifs is 11. The van der Waals surface area contributed by atoms with Crippen molar-refractivity contribution in [1.82, 2.24) is 14.5 Å². The first kappa shape index (κ1) is 23.5. The number of hydrogen-bond donors (Lipinski definition) is 0. The number of imide groups is 1. The van der Waals surface area contributed by atoms with Gasteiger partial charge in [-0.1, -0.05) is 41.9 Å². The summed E-state index contributed by atoms with van der Waals surface area (Å²) in [5, 5.41) is 12.0. The number of benzene rings is 3. The third-order valence-electron chi connectivity index (χ3n) is 9.02. The van der Waals surface area contributed by atoms with Gasteiger partial charge in [0.15, 0.2) is 0 Å². The van der Waals surface area contributed by atoms with Gasteiger partial charge in [0.05, 0.1) is 39.0 Å². The van der Waals surface area contributed by atoms with Gasteiger partial charge >= 0.3 is 0 Å². The van der Waals surface area contributed by atoms with Gasteiger partial charge in [0.1, 0.15) is 16.4 Å². The molecule has 4 aliphatic heterocycles. The molecule has 3 saturated heterocycles. The first-order chi connectivity index (χ1) is 19.4. The maximum absolute atomic E-state index is 14.5. The van der Waals surface area contributed by atoms with E-state index in [9.17, 15) is 24.5 Å². The molecule has 3 fully saturated rings. The van der Waals surface area contributed by atoms with Crippen LogP contribution in [0.15, 0.2) is 71.5 Å². The van der Waals surface area contributed by atoms with Crippen molar-refractivity contribution in [1.29, 1.82) is 0 Å². The zero-order chi connectivity index (χ0) is 27.5. The Morgan fingerprint density at radius 1 is 1.00 bits per heavy atom. The summed E-state index contributed by atoms with van der Waals surface area (Å²) in [7, 11) is 0. The maximum Gasteiger partial charge on any atom is 0.289 e. The smallest absolute Gasteiger partial charge is 0.283 e. The van der Waals surface area contributed by atoms with E-state index in [0.717, 1.165) is 16.9 Å². The lowest BCUT2D eigenvalue weighted by Crippen LogP contribution is -2.51. The van der Waals surface area contributed by atoms with E-state index in [2.05, 4.69) is 4.90 Å². The van der Waals surface area contributed by atoms with Crippen LogP contribution in [-0.4, -0.2) is 43.8 Å². The van der Waals surface area contributed by atoms with Gasteiger partial charge in [-0.15, -0.1) is 0 Å². The van der Waals surface area contributed by atoms with Crippen molar-refractivity contribution < 1.29 is 14.5 Å². The van der Waals surface area contributed by atoms with Crippen LogP contribution in [0.5, 0.6) is 0 Å². The number of hydrogen-bond acceptors (Lipinski definition) is 7. The highest BCUT2D eigenvalue weighted by molar-refractivity contribution is 6.33. The van der Waals surface area contributed by atoms with Gasteiger partial charge in [0, 0.05) is 17.7 Å². The van der Waals surface area contributed by atoms with E-state index >= 15 is 0 Å². The zero-order valence-corrected chi connectivity index (χ0v) is 21.6. The predicted molar refractivity (Wildman–Crippen MR) is 145 cm³/mol. The van der Waals surface area contributed by atoms with E-state index in [1.807, 2.05) is 30.3 Å². The lowest BCUT2D eigenvalue weighted by Gasteiger charge is -2.38. The van der Waals surface area contributed by atoms with E-state index in [1.54, 1.807) is 22.8 Å². The largest absolute Gasteiger partial charge is 0.289 e. The summed E-state index contributed by atoms with van der Waals surface area (Å²) in [6.07, 6.45) is 1.53. The molecule has 0 N–H and O–H groups in total. The molecule has 4 atom stereocenters. The standard InChI is InChI=1S/C29H20ClN5O5/c30-18-12-11-15(14-22(18)35(39)40)33-26(37)23-21-10-5-13-32(21)29(24(23)27(33)38)17-7-2-4-9-20(17)34-25(36)16-6-1-3-8-19(16)31-28(29)34/h1-4,6-9,11-12,14,21,23-24H,5,10,13H2. The summed E-state index contributed by atoms with van der Waals surface area (Å²) in [4.78, 5) is 61.8. The van der Waals surface area contributed by atoms with Crippen molar-refractivity contribution >= 4 is 45.7 Å². The van der Waals surface area contributed by atoms with Gasteiger partial charge in [0.2, 0.25) is 11.8 Å². The van der Waals surface area contributed by atoms with Crippen LogP contribution in [0.1, 0.15) is 24.2 Å². The normalized spacial score (nSPS) is 26.4. The van der Waals surface area contributed by atoms with Gasteiger partial charge in [0.25, 0.3) is 11.2 Å². The predicted octanol–water partition coefficient (Wildman–Crippen LogP) is 3.79. The van der Waals surface area contributed by atoms with Crippen molar-refractivity contribution in [3.63, 3.8) is 0 Å². The maximum atomic E-state index is 14.5. The number of nitro groups is 1. The molecule has 0 saturated carbocycles. The number of para-hydroxylation sites is 2. The average Bonchev–Trinajstić information content (AvgIpc) is 3.66. The van der Waals surface area contributed by atoms with E-state index in [-0.39, 0.29) is 28.0 Å². The number of carbonyl (C=O) groups is 2. The monoisotopic (exact) mass is 553 g/mol. The molecule has 0 radical (unpaired) electrons. The molecule has 1 spiro atoms. The quantitative estimate of drug-likeness (QED) is 0.210. The fourth-order valence-electron chi connectivity index (χ4n) is 7.65. The van der Waals surface area contributed by atoms with Crippen LogP contribution in [0, 0.1) is 22.0 Å². The summed E-state index contributed by atoms with van der Waals surface area (Å²) in [5.74, 6) is -2.01. The Kier molecular flexibility index (Phi) is 4.60. The van der Waals surface area contributed by atoms with Crippen molar-refractivity contribution in [2.45, 2.75) is 24.4 Å². The second kappa shape index (κ2) is 7.83. The first-order valence-corrected chi connectivity index (χ1v) is 13.4. The van der Waals surface area contributed by atoms with Crippen LogP contribution in [0.3, 0.4) is 0 Å². The second-order valence-corrected chi connectivity index (χ2v) is 11.1. The number of halogens is 1. The van der Waals surface area contributed by atoms with Gasteiger partial charge in [-0.25, -0.2) is 9.88 Å². The highest BCUT2D eigenvalue weighted by Gasteiger charge is 2.73. The fraction of sp³-hybridized carbons (Fsp3) is 0.241. The second-order valence-electron chi connectivity index (χ2n) is 10.7. The summed E-state index contributed by atoms with van der Waals surface area (Å²) < 4.78 is 1.60. The molecule has 5 heterocycles. The van der Waals surface area contributed by atoms with E-state index < -0.39 is 34.1 Å². The van der Waals surface area contributed by atoms with E-state index in [4.69, 9.17) is 16.6 Å². The Labute approximate surface area is 231 Å². The van der Waals surface area contributed by atoms with Crippen molar-refractivity contribution in [2.75, 3.05) is 11.4 Å². The molecule has 40 heavy (non-hydrogen) atoms. The van der Waals surface area contributed by atoms with Crippen LogP contribution in [0.2, 0.25) is 5.02 Å². The minimum Gasteiger partial charge on any atom is -0.283 e. The Morgan fingerprint density at radius 3 is 2.60 bits per heavy atom. The van der Waals surface area contributed by atoms with Crippen molar-refractivity contribution in [2.24, 2.45) is 11.8 Å². The van der Waals surface area contributed by atoms with Crippen molar-refractivity contribution in [3.8, 4) is 5.69 Å². The molecule has 0 bridgehead atoms. The number of rotatable bonds is 2. The van der Waals surface area contributed by atoms with Crippen LogP contribution in [-0.2, 0) is 15.1 Å². The van der Waals surface area contributed by atoms with Gasteiger partial charge in [-0.05, 0) is 49.7 Å². The molecular weight excluding hydrogens is 534 g/mol. The molecule has 11 heteroatoms. The summed E-state index contributed by atoms with van der Waals surface area (Å²) in [5.41, 5.74) is 0.275. The van der Waals surface area contributed by atoms with Crippen LogP contribution in [0.4, 0.5) is 11.4 Å². The van der Waals surface area contributed by atoms with E-state index in [0.29, 0.717) is 35.4 Å². The molecule has 1 aromatic heterocycles. The highest BCUT2D eigenvalue weighted by atomic mass is 35.5. The first-order valence-electron chi connectivity index (χ1n) is 13.1. The summed E-state index contributed by atoms with van der Waals surface area (Å²) >= 11 is 6.04. The summed E-state index contributed by atoms with van der Waals surface area (Å²) in [6.45, 7) is 0.641. The number of anilines is 1. The number of aromatic nitrogens is 2. The van der Waals surface area contributed by atoms with Gasteiger partial charge in [-0.3, -0.25) is 34.0 Å². The summed E-state index contributed by atoms with van der Waals surface area (Å²) in [6, 6.07) is 18.3. The molecule has 4 unspecified atom stereocenters. The molecule has 4 aliphatic rings. The Balaban J connectivity index is 1.41. The lowest BCUT2D eigenvalue weighted by atomic mass is 9.75. The number of carbonyl (C=O) groups excluding carboxylic acids is 2. The molecule has 198 valence electrons. The lowest BCUT2D eigenvalue weighted by molar-refractivity contribution is -0.384. The average molecular weight is 554 g/mol. The molecule has 4 aromatic rings. The Morgan fingerprint density at radius 2 is 1.77 bits per heavy atom. The molecule has 3 aromatic carbocycles. The third kappa shape index (κ3) is 2.62. The topological polar surface area (TPSA) is 119 Å². The van der Waals surface area contributed by atoms with Gasteiger partial charge in [-0.2, -0.15) is 0 Å². The number of nitro benzene ring substituents is 1. The fourth-order valence-corrected chi connectivity index (χ4v) is 7.83. The minimum atomic E-state index is -1.15. The zero-order valence-electron chi connectivity index (χ0n) is 20.9. The van der Waals surface area contributed by atoms with Gasteiger partial charge < -0.3 is 0 Å². The van der Waals surface area contributed by atoms with E-state index in [1.165, 1.54) is 18.2 Å². The minimum absolute atomic E-state index is 0.0828. The molecule has 2 amide bonds. The molecule has 10 nitrogen and oxygen atoms in total. The Hall–Kier alpha value is -4.41.